The number of hydrogen-bond acceptors (Lipinski definition) is 3. The molecule has 0 amide bonds. The lowest BCUT2D eigenvalue weighted by atomic mass is 9.92. The van der Waals surface area contributed by atoms with Gasteiger partial charge >= 0.3 is 7.60 Å². The zero-order valence-electron chi connectivity index (χ0n) is 18.7. The average molecular weight is 513 g/mol. The minimum absolute atomic E-state index is 0.0711. The maximum absolute atomic E-state index is 14.0. The molecule has 3 aromatic rings. The highest BCUT2D eigenvalue weighted by Gasteiger charge is 2.40. The molecule has 33 heavy (non-hydrogen) atoms. The van der Waals surface area contributed by atoms with Gasteiger partial charge in [0.25, 0.3) is 0 Å². The van der Waals surface area contributed by atoms with E-state index in [2.05, 4.69) is 0 Å². The van der Waals surface area contributed by atoms with Gasteiger partial charge in [-0.05, 0) is 79.3 Å². The van der Waals surface area contributed by atoms with Crippen molar-refractivity contribution in [2.24, 2.45) is 0 Å². The zero-order valence-corrected chi connectivity index (χ0v) is 21.2. The van der Waals surface area contributed by atoms with Gasteiger partial charge in [-0.2, -0.15) is 0 Å². The lowest BCUT2D eigenvalue weighted by Gasteiger charge is -2.27. The third kappa shape index (κ3) is 5.36. The topological polar surface area (TPSA) is 46.5 Å². The van der Waals surface area contributed by atoms with Gasteiger partial charge in [0.15, 0.2) is 11.6 Å². The van der Waals surface area contributed by atoms with Crippen LogP contribution >= 0.6 is 30.5 Å². The maximum atomic E-state index is 14.0. The average Bonchev–Trinajstić information content (AvgIpc) is 3.41. The molecule has 1 N–H and O–H groups in total. The van der Waals surface area contributed by atoms with Crippen molar-refractivity contribution < 1.29 is 22.8 Å². The monoisotopic (exact) mass is 512 g/mol. The van der Waals surface area contributed by atoms with E-state index in [0.717, 1.165) is 58.3 Å². The standard InChI is InChI=1S/C25H28ClF2O3PS/c1-3-15(2)31-32(29,30)22(13-16-8-11-20(27)21(28)12-16)25-24(17-6-4-5-7-17)19-10-9-18(26)14-23(19)33-25/h8-12,14-15,17,22H,3-7,13H2,1-2H3,(H,29,30). The van der Waals surface area contributed by atoms with Crippen molar-refractivity contribution >= 4 is 40.6 Å². The fraction of sp³-hybridized carbons (Fsp3) is 0.440. The Balaban J connectivity index is 1.88. The lowest BCUT2D eigenvalue weighted by molar-refractivity contribution is 0.179. The Morgan fingerprint density at radius 3 is 2.58 bits per heavy atom. The molecule has 0 radical (unpaired) electrons. The van der Waals surface area contributed by atoms with Crippen molar-refractivity contribution in [2.75, 3.05) is 0 Å². The molecule has 3 nitrogen and oxygen atoms in total. The second kappa shape index (κ2) is 10.1. The molecular weight excluding hydrogens is 485 g/mol. The quantitative estimate of drug-likeness (QED) is 0.307. The molecule has 1 fully saturated rings. The van der Waals surface area contributed by atoms with Crippen molar-refractivity contribution in [3.63, 3.8) is 0 Å². The van der Waals surface area contributed by atoms with E-state index in [-0.39, 0.29) is 12.3 Å². The van der Waals surface area contributed by atoms with Crippen LogP contribution in [0, 0.1) is 11.6 Å². The van der Waals surface area contributed by atoms with Crippen LogP contribution in [0.15, 0.2) is 36.4 Å². The number of halogens is 3. The molecule has 1 aliphatic rings. The van der Waals surface area contributed by atoms with E-state index >= 15 is 0 Å². The van der Waals surface area contributed by atoms with Crippen LogP contribution in [-0.4, -0.2) is 11.0 Å². The van der Waals surface area contributed by atoms with Crippen LogP contribution < -0.4 is 0 Å². The Bertz CT molecular complexity index is 1190. The number of fused-ring (bicyclic) bond motifs is 1. The van der Waals surface area contributed by atoms with Gasteiger partial charge in [-0.3, -0.25) is 4.57 Å². The lowest BCUT2D eigenvalue weighted by Crippen LogP contribution is -2.13. The zero-order chi connectivity index (χ0) is 23.8. The highest BCUT2D eigenvalue weighted by molar-refractivity contribution is 7.53. The van der Waals surface area contributed by atoms with E-state index in [1.807, 2.05) is 25.1 Å². The third-order valence-electron chi connectivity index (χ3n) is 6.50. The van der Waals surface area contributed by atoms with Gasteiger partial charge in [-0.1, -0.05) is 43.5 Å². The van der Waals surface area contributed by atoms with Crippen molar-refractivity contribution in [2.45, 2.75) is 70.1 Å². The van der Waals surface area contributed by atoms with Gasteiger partial charge in [-0.25, -0.2) is 8.78 Å². The molecule has 2 aromatic carbocycles. The first kappa shape index (κ1) is 24.8. The van der Waals surface area contributed by atoms with Gasteiger partial charge < -0.3 is 9.42 Å². The molecule has 0 bridgehead atoms. The van der Waals surface area contributed by atoms with Gasteiger partial charge in [0.05, 0.1) is 11.8 Å². The molecule has 1 aromatic heterocycles. The summed E-state index contributed by atoms with van der Waals surface area (Å²) >= 11 is 7.72. The number of rotatable bonds is 8. The van der Waals surface area contributed by atoms with E-state index in [4.69, 9.17) is 16.1 Å². The number of thiophene rings is 1. The van der Waals surface area contributed by atoms with Gasteiger partial charge in [0.2, 0.25) is 0 Å². The molecule has 8 heteroatoms. The molecule has 1 saturated carbocycles. The summed E-state index contributed by atoms with van der Waals surface area (Å²) in [6, 6.07) is 9.34. The SMILES string of the molecule is CCC(C)OP(=O)(O)C(Cc1ccc(F)c(F)c1)c1sc2cc(Cl)ccc2c1C1CCCC1. The first-order chi connectivity index (χ1) is 15.7. The summed E-state index contributed by atoms with van der Waals surface area (Å²) in [5.74, 6) is -1.63. The van der Waals surface area contributed by atoms with Gasteiger partial charge in [-0.15, -0.1) is 11.3 Å². The van der Waals surface area contributed by atoms with Gasteiger partial charge in [0, 0.05) is 14.6 Å². The van der Waals surface area contributed by atoms with Crippen molar-refractivity contribution in [3.05, 3.63) is 69.1 Å². The van der Waals surface area contributed by atoms with E-state index in [0.29, 0.717) is 17.0 Å². The van der Waals surface area contributed by atoms with Crippen molar-refractivity contribution in [1.82, 2.24) is 0 Å². The molecular formula is C25H28ClF2O3PS. The number of benzene rings is 2. The van der Waals surface area contributed by atoms with Crippen LogP contribution in [0.25, 0.3) is 10.1 Å². The van der Waals surface area contributed by atoms with Crippen molar-refractivity contribution in [1.29, 1.82) is 0 Å². The minimum Gasteiger partial charge on any atom is -0.324 e. The first-order valence-electron chi connectivity index (χ1n) is 11.4. The van der Waals surface area contributed by atoms with E-state index in [1.54, 1.807) is 6.92 Å². The number of hydrogen-bond donors (Lipinski definition) is 1. The van der Waals surface area contributed by atoms with Crippen LogP contribution in [0.5, 0.6) is 0 Å². The molecule has 0 saturated heterocycles. The Hall–Kier alpha value is -1.30. The normalized spacial score (nSPS) is 18.5. The predicted molar refractivity (Wildman–Crippen MR) is 132 cm³/mol. The largest absolute Gasteiger partial charge is 0.336 e. The summed E-state index contributed by atoms with van der Waals surface area (Å²) in [5.41, 5.74) is 0.649. The molecule has 1 aliphatic carbocycles. The third-order valence-corrected chi connectivity index (χ3v) is 10.1. The molecule has 178 valence electrons. The second-order valence-electron chi connectivity index (χ2n) is 8.86. The summed E-state index contributed by atoms with van der Waals surface area (Å²) in [6.07, 6.45) is 4.50. The Morgan fingerprint density at radius 2 is 1.91 bits per heavy atom. The van der Waals surface area contributed by atoms with Crippen LogP contribution in [0.2, 0.25) is 5.02 Å². The summed E-state index contributed by atoms with van der Waals surface area (Å²) in [6.45, 7) is 3.65. The summed E-state index contributed by atoms with van der Waals surface area (Å²) in [4.78, 5) is 12.0. The Morgan fingerprint density at radius 1 is 1.18 bits per heavy atom. The van der Waals surface area contributed by atoms with Gasteiger partial charge in [0.1, 0.15) is 0 Å². The van der Waals surface area contributed by atoms with Crippen LogP contribution in [0.4, 0.5) is 8.78 Å². The highest BCUT2D eigenvalue weighted by Crippen LogP contribution is 2.62. The molecule has 0 aliphatic heterocycles. The first-order valence-corrected chi connectivity index (χ1v) is 14.2. The molecule has 4 rings (SSSR count). The van der Waals surface area contributed by atoms with E-state index in [1.165, 1.54) is 17.4 Å². The Labute approximate surface area is 202 Å². The van der Waals surface area contributed by atoms with Crippen molar-refractivity contribution in [3.8, 4) is 0 Å². The predicted octanol–water partition coefficient (Wildman–Crippen LogP) is 8.77. The minimum atomic E-state index is -4.16. The second-order valence-corrected chi connectivity index (χ2v) is 12.3. The molecule has 3 unspecified atom stereocenters. The molecule has 0 spiro atoms. The summed E-state index contributed by atoms with van der Waals surface area (Å²) in [7, 11) is -4.16. The molecule has 1 heterocycles. The molecule has 3 atom stereocenters. The van der Waals surface area contributed by atoms with Crippen LogP contribution in [0.1, 0.15) is 73.5 Å². The highest BCUT2D eigenvalue weighted by atomic mass is 35.5. The smallest absolute Gasteiger partial charge is 0.324 e. The van der Waals surface area contributed by atoms with E-state index in [9.17, 15) is 18.2 Å². The fourth-order valence-corrected chi connectivity index (χ4v) is 8.44. The summed E-state index contributed by atoms with van der Waals surface area (Å²) < 4.78 is 47.9. The van der Waals surface area contributed by atoms with Crippen LogP contribution in [-0.2, 0) is 15.5 Å². The Kier molecular flexibility index (Phi) is 7.62. The maximum Gasteiger partial charge on any atom is 0.336 e. The fourth-order valence-electron chi connectivity index (χ4n) is 4.64. The van der Waals surface area contributed by atoms with E-state index < -0.39 is 31.0 Å². The summed E-state index contributed by atoms with van der Waals surface area (Å²) in [5, 5.41) is 1.65. The van der Waals surface area contributed by atoms with Crippen LogP contribution in [0.3, 0.4) is 0 Å².